The number of nitrogens with zero attached hydrogens (tertiary/aromatic N) is 2. The summed E-state index contributed by atoms with van der Waals surface area (Å²) in [5.41, 5.74) is -1.59. The first kappa shape index (κ1) is 29.9. The maximum atomic E-state index is 13.2. The maximum absolute atomic E-state index is 13.2. The molecule has 12 heteroatoms. The zero-order chi connectivity index (χ0) is 29.5. The summed E-state index contributed by atoms with van der Waals surface area (Å²) in [4.78, 5) is 31.8. The molecule has 0 radical (unpaired) electrons. The second-order valence-electron chi connectivity index (χ2n) is 11.5. The molecule has 8 nitrogen and oxygen atoms in total. The molecule has 3 heterocycles. The Hall–Kier alpha value is -3.05. The zero-order valence-corrected chi connectivity index (χ0v) is 23.6. The van der Waals surface area contributed by atoms with Crippen molar-refractivity contribution in [2.75, 3.05) is 11.4 Å². The van der Waals surface area contributed by atoms with Gasteiger partial charge in [0.05, 0.1) is 16.2 Å². The number of benzene rings is 1. The number of rotatable bonds is 8. The van der Waals surface area contributed by atoms with E-state index in [1.165, 1.54) is 12.3 Å². The van der Waals surface area contributed by atoms with Crippen LogP contribution in [0.3, 0.4) is 0 Å². The Morgan fingerprint density at radius 1 is 1.10 bits per heavy atom. The Morgan fingerprint density at radius 3 is 2.27 bits per heavy atom. The fraction of sp³-hybridized carbons (Fsp3) is 0.536. The number of alkyl halides is 3. The number of aromatic nitrogens is 1. The Kier molecular flexibility index (Phi) is 8.29. The van der Waals surface area contributed by atoms with Crippen molar-refractivity contribution < 1.29 is 32.6 Å². The third-order valence-electron chi connectivity index (χ3n) is 7.34. The van der Waals surface area contributed by atoms with Crippen molar-refractivity contribution in [3.63, 3.8) is 0 Å². The van der Waals surface area contributed by atoms with E-state index >= 15 is 0 Å². The fourth-order valence-electron chi connectivity index (χ4n) is 5.27. The Bertz CT molecular complexity index is 1230. The minimum Gasteiger partial charge on any atom is -0.476 e. The number of fused-ring (bicyclic) bond motifs is 2. The quantitative estimate of drug-likeness (QED) is 0.416. The van der Waals surface area contributed by atoms with Crippen molar-refractivity contribution >= 4 is 29.2 Å². The van der Waals surface area contributed by atoms with E-state index in [1.54, 1.807) is 52.0 Å². The van der Waals surface area contributed by atoms with Gasteiger partial charge in [0.2, 0.25) is 0 Å². The highest BCUT2D eigenvalue weighted by Gasteiger charge is 2.43. The van der Waals surface area contributed by atoms with Crippen LogP contribution in [0.25, 0.3) is 0 Å². The molecule has 2 aliphatic rings. The maximum Gasteiger partial charge on any atom is 0.405 e. The van der Waals surface area contributed by atoms with E-state index in [0.717, 1.165) is 12.8 Å². The number of ether oxygens (including phenoxy) is 1. The normalized spacial score (nSPS) is 21.2. The number of aliphatic hydroxyl groups is 1. The second kappa shape index (κ2) is 11.1. The topological polar surface area (TPSA) is 104 Å². The predicted molar refractivity (Wildman–Crippen MR) is 144 cm³/mol. The number of halogens is 4. The number of carbonyl (C=O) groups excluding carboxylic acids is 2. The average molecular weight is 583 g/mol. The van der Waals surface area contributed by atoms with Crippen LogP contribution >= 0.6 is 11.6 Å². The lowest BCUT2D eigenvalue weighted by Crippen LogP contribution is -2.55. The van der Waals surface area contributed by atoms with E-state index < -0.39 is 29.8 Å². The summed E-state index contributed by atoms with van der Waals surface area (Å²) >= 11 is 6.37. The first-order chi connectivity index (χ1) is 18.5. The molecule has 2 aromatic rings. The van der Waals surface area contributed by atoms with Gasteiger partial charge in [-0.1, -0.05) is 17.7 Å². The summed E-state index contributed by atoms with van der Waals surface area (Å²) in [5.74, 6) is -0.121. The van der Waals surface area contributed by atoms with Gasteiger partial charge in [0.25, 0.3) is 11.8 Å². The van der Waals surface area contributed by atoms with Gasteiger partial charge in [0.15, 0.2) is 5.60 Å². The van der Waals surface area contributed by atoms with Crippen molar-refractivity contribution in [2.24, 2.45) is 0 Å². The first-order valence-corrected chi connectivity index (χ1v) is 13.5. The fourth-order valence-corrected chi connectivity index (χ4v) is 5.49. The van der Waals surface area contributed by atoms with Crippen LogP contribution < -0.4 is 20.3 Å². The molecule has 4 rings (SSSR count). The van der Waals surface area contributed by atoms with E-state index in [9.17, 15) is 27.9 Å². The highest BCUT2D eigenvalue weighted by molar-refractivity contribution is 6.32. The van der Waals surface area contributed by atoms with Gasteiger partial charge in [-0.25, -0.2) is 4.98 Å². The van der Waals surface area contributed by atoms with Crippen LogP contribution in [-0.4, -0.2) is 58.4 Å². The zero-order valence-electron chi connectivity index (χ0n) is 22.8. The SMILES string of the molecule is CC(C)(Oc1ccc(C(C)(C)O)cc1Cl)C(=O)NC1C[C@H]2CC[C@@H](C1)N2c1ccc(C(=O)NCC(F)(F)F)cn1. The lowest BCUT2D eigenvalue weighted by Gasteiger charge is -2.40. The van der Waals surface area contributed by atoms with Crippen LogP contribution in [0.2, 0.25) is 5.02 Å². The molecule has 0 saturated carbocycles. The summed E-state index contributed by atoms with van der Waals surface area (Å²) in [6, 6.07) is 8.25. The van der Waals surface area contributed by atoms with Gasteiger partial charge in [-0.3, -0.25) is 9.59 Å². The molecule has 1 aromatic heterocycles. The summed E-state index contributed by atoms with van der Waals surface area (Å²) in [6.45, 7) is 5.24. The Morgan fingerprint density at radius 2 is 1.75 bits per heavy atom. The molecule has 2 fully saturated rings. The summed E-state index contributed by atoms with van der Waals surface area (Å²) in [5, 5.41) is 15.5. The Balaban J connectivity index is 1.35. The van der Waals surface area contributed by atoms with Gasteiger partial charge in [0, 0.05) is 24.3 Å². The third-order valence-corrected chi connectivity index (χ3v) is 7.64. The molecule has 3 N–H and O–H groups in total. The molecule has 2 amide bonds. The van der Waals surface area contributed by atoms with Gasteiger partial charge in [-0.05, 0) is 83.2 Å². The number of pyridine rings is 1. The summed E-state index contributed by atoms with van der Waals surface area (Å²) in [7, 11) is 0. The number of amides is 2. The lowest BCUT2D eigenvalue weighted by atomic mass is 9.96. The van der Waals surface area contributed by atoms with Gasteiger partial charge in [0.1, 0.15) is 18.1 Å². The molecule has 2 bridgehead atoms. The molecule has 0 aliphatic carbocycles. The van der Waals surface area contributed by atoms with Gasteiger partial charge < -0.3 is 25.4 Å². The molecule has 1 unspecified atom stereocenters. The van der Waals surface area contributed by atoms with E-state index in [-0.39, 0.29) is 29.6 Å². The molecular formula is C28H34ClF3N4O4. The van der Waals surface area contributed by atoms with Crippen LogP contribution in [0.4, 0.5) is 19.0 Å². The van der Waals surface area contributed by atoms with Crippen LogP contribution in [-0.2, 0) is 10.4 Å². The minimum atomic E-state index is -4.49. The molecule has 2 aliphatic heterocycles. The van der Waals surface area contributed by atoms with Crippen LogP contribution in [0.1, 0.15) is 69.3 Å². The number of hydrogen-bond donors (Lipinski definition) is 3. The molecular weight excluding hydrogens is 549 g/mol. The monoisotopic (exact) mass is 582 g/mol. The summed E-state index contributed by atoms with van der Waals surface area (Å²) < 4.78 is 43.2. The van der Waals surface area contributed by atoms with Crippen LogP contribution in [0, 0.1) is 0 Å². The molecule has 2 saturated heterocycles. The number of nitrogens with one attached hydrogen (secondary N) is 2. The van der Waals surface area contributed by atoms with E-state index in [4.69, 9.17) is 16.3 Å². The molecule has 0 spiro atoms. The minimum absolute atomic E-state index is 0.0551. The third kappa shape index (κ3) is 6.98. The standard InChI is InChI=1S/C28H34ClF3N4O4/c1-26(2,39)17-6-9-22(21(29)11-17)40-27(3,4)25(38)35-18-12-19-7-8-20(13-18)36(19)23-10-5-16(14-33-23)24(37)34-15-28(30,31)32/h5-6,9-11,14,18-20,39H,7-8,12-13,15H2,1-4H3,(H,34,37)(H,35,38)/t18?,19-,20+. The van der Waals surface area contributed by atoms with E-state index in [0.29, 0.717) is 35.0 Å². The van der Waals surface area contributed by atoms with Gasteiger partial charge >= 0.3 is 6.18 Å². The molecule has 1 aromatic carbocycles. The van der Waals surface area contributed by atoms with Crippen molar-refractivity contribution in [1.29, 1.82) is 0 Å². The molecule has 40 heavy (non-hydrogen) atoms. The van der Waals surface area contributed by atoms with Gasteiger partial charge in [-0.15, -0.1) is 0 Å². The first-order valence-electron chi connectivity index (χ1n) is 13.2. The van der Waals surface area contributed by atoms with Crippen LogP contribution in [0.5, 0.6) is 5.75 Å². The van der Waals surface area contributed by atoms with Crippen molar-refractivity contribution in [1.82, 2.24) is 15.6 Å². The largest absolute Gasteiger partial charge is 0.476 e. The second-order valence-corrected chi connectivity index (χ2v) is 11.9. The molecule has 3 atom stereocenters. The van der Waals surface area contributed by atoms with E-state index in [1.807, 2.05) is 5.32 Å². The van der Waals surface area contributed by atoms with E-state index in [2.05, 4.69) is 15.2 Å². The molecule has 218 valence electrons. The van der Waals surface area contributed by atoms with Gasteiger partial charge in [-0.2, -0.15) is 13.2 Å². The van der Waals surface area contributed by atoms with Crippen molar-refractivity contribution in [3.05, 3.63) is 52.7 Å². The Labute approximate surface area is 236 Å². The van der Waals surface area contributed by atoms with Crippen molar-refractivity contribution in [2.45, 2.75) is 88.9 Å². The highest BCUT2D eigenvalue weighted by atomic mass is 35.5. The van der Waals surface area contributed by atoms with Crippen molar-refractivity contribution in [3.8, 4) is 5.75 Å². The van der Waals surface area contributed by atoms with Crippen LogP contribution in [0.15, 0.2) is 36.5 Å². The smallest absolute Gasteiger partial charge is 0.405 e. The highest BCUT2D eigenvalue weighted by Crippen LogP contribution is 2.39. The number of anilines is 1. The predicted octanol–water partition coefficient (Wildman–Crippen LogP) is 4.73. The average Bonchev–Trinajstić information content (AvgIpc) is 3.12. The number of hydrogen-bond acceptors (Lipinski definition) is 6. The number of carbonyl (C=O) groups is 2. The summed E-state index contributed by atoms with van der Waals surface area (Å²) in [6.07, 6.45) is 0.00203. The number of piperidine rings is 1. The lowest BCUT2D eigenvalue weighted by molar-refractivity contribution is -0.135.